The van der Waals surface area contributed by atoms with Gasteiger partial charge in [-0.1, -0.05) is 30.3 Å². The van der Waals surface area contributed by atoms with Gasteiger partial charge in [-0.05, 0) is 23.8 Å². The number of nitrogens with one attached hydrogen (secondary N) is 2. The molecule has 28 heavy (non-hydrogen) atoms. The van der Waals surface area contributed by atoms with E-state index >= 15 is 0 Å². The van der Waals surface area contributed by atoms with Crippen LogP contribution in [0.25, 0.3) is 0 Å². The fraction of sp³-hybridized carbons (Fsp3) is 0.250. The second kappa shape index (κ2) is 8.43. The van der Waals surface area contributed by atoms with E-state index in [1.807, 2.05) is 6.07 Å². The molecule has 3 amide bonds. The topological polar surface area (TPSA) is 108 Å². The summed E-state index contributed by atoms with van der Waals surface area (Å²) in [7, 11) is 1.49. The van der Waals surface area contributed by atoms with Crippen LogP contribution in [0.5, 0.6) is 5.75 Å². The van der Waals surface area contributed by atoms with E-state index in [1.165, 1.54) is 12.0 Å². The van der Waals surface area contributed by atoms with Crippen LogP contribution in [0.15, 0.2) is 48.5 Å². The molecule has 1 fully saturated rings. The summed E-state index contributed by atoms with van der Waals surface area (Å²) >= 11 is 0. The maximum absolute atomic E-state index is 12.8. The number of nitrogens with zero attached hydrogens (tertiary/aromatic N) is 1. The molecule has 0 radical (unpaired) electrons. The second-order valence-corrected chi connectivity index (χ2v) is 6.30. The van der Waals surface area contributed by atoms with Gasteiger partial charge >= 0.3 is 12.0 Å². The van der Waals surface area contributed by atoms with Gasteiger partial charge in [0.25, 0.3) is 5.91 Å². The van der Waals surface area contributed by atoms with Crippen molar-refractivity contribution in [2.75, 3.05) is 25.1 Å². The molecule has 0 bridgehead atoms. The highest BCUT2D eigenvalue weighted by molar-refractivity contribution is 6.00. The van der Waals surface area contributed by atoms with Crippen LogP contribution in [0.4, 0.5) is 10.5 Å². The predicted octanol–water partition coefficient (Wildman–Crippen LogP) is 2.17. The van der Waals surface area contributed by atoms with Crippen LogP contribution in [-0.4, -0.2) is 43.2 Å². The smallest absolute Gasteiger partial charge is 0.322 e. The lowest BCUT2D eigenvalue weighted by Gasteiger charge is -2.20. The third kappa shape index (κ3) is 4.22. The number of carboxylic acids is 1. The summed E-state index contributed by atoms with van der Waals surface area (Å²) in [5, 5.41) is 14.7. The first-order valence-corrected chi connectivity index (χ1v) is 8.80. The lowest BCUT2D eigenvalue weighted by molar-refractivity contribution is -0.137. The van der Waals surface area contributed by atoms with Crippen LogP contribution in [-0.2, 0) is 4.79 Å². The van der Waals surface area contributed by atoms with E-state index in [1.54, 1.807) is 42.5 Å². The number of aliphatic carboxylic acids is 1. The first-order chi connectivity index (χ1) is 13.5. The molecule has 0 aromatic heterocycles. The number of ether oxygens (including phenoxy) is 1. The van der Waals surface area contributed by atoms with Crippen LogP contribution in [0, 0.1) is 0 Å². The van der Waals surface area contributed by atoms with E-state index in [0.29, 0.717) is 35.7 Å². The highest BCUT2D eigenvalue weighted by Crippen LogP contribution is 2.30. The number of carboxylic acid groups (broad SMARTS) is 1. The van der Waals surface area contributed by atoms with Crippen LogP contribution < -0.4 is 20.3 Å². The fourth-order valence-electron chi connectivity index (χ4n) is 3.10. The fourth-order valence-corrected chi connectivity index (χ4v) is 3.10. The molecular weight excluding hydrogens is 362 g/mol. The molecule has 0 spiro atoms. The number of rotatable bonds is 7. The first kappa shape index (κ1) is 19.2. The molecule has 3 rings (SSSR count). The molecule has 0 aliphatic carbocycles. The molecule has 146 valence electrons. The van der Waals surface area contributed by atoms with Gasteiger partial charge in [-0.2, -0.15) is 0 Å². The Morgan fingerprint density at radius 2 is 2.00 bits per heavy atom. The van der Waals surface area contributed by atoms with Crippen molar-refractivity contribution in [3.05, 3.63) is 59.7 Å². The van der Waals surface area contributed by atoms with E-state index in [-0.39, 0.29) is 12.5 Å². The average molecular weight is 383 g/mol. The van der Waals surface area contributed by atoms with Gasteiger partial charge in [-0.15, -0.1) is 0 Å². The molecule has 1 aliphatic rings. The number of amides is 3. The molecule has 2 aromatic rings. The Labute approximate surface area is 162 Å². The van der Waals surface area contributed by atoms with Gasteiger partial charge in [0.2, 0.25) is 0 Å². The van der Waals surface area contributed by atoms with Gasteiger partial charge in [0.1, 0.15) is 5.75 Å². The Hall–Kier alpha value is -3.55. The Bertz CT molecular complexity index is 885. The Balaban J connectivity index is 1.86. The molecule has 3 N–H and O–H groups in total. The van der Waals surface area contributed by atoms with E-state index < -0.39 is 17.9 Å². The number of carbonyl (C=O) groups excluding carboxylic acids is 2. The van der Waals surface area contributed by atoms with Gasteiger partial charge < -0.3 is 20.5 Å². The average Bonchev–Trinajstić information content (AvgIpc) is 3.13. The molecule has 1 unspecified atom stereocenters. The Kier molecular flexibility index (Phi) is 5.78. The largest absolute Gasteiger partial charge is 0.495 e. The van der Waals surface area contributed by atoms with Gasteiger partial charge in [0, 0.05) is 18.7 Å². The predicted molar refractivity (Wildman–Crippen MR) is 103 cm³/mol. The number of carbonyl (C=O) groups is 3. The van der Waals surface area contributed by atoms with Gasteiger partial charge in [0.15, 0.2) is 0 Å². The zero-order valence-corrected chi connectivity index (χ0v) is 15.3. The first-order valence-electron chi connectivity index (χ1n) is 8.80. The summed E-state index contributed by atoms with van der Waals surface area (Å²) in [6.07, 6.45) is -0.243. The standard InChI is InChI=1S/C20H21N3O5/c1-28-17-8-7-14(11-16(17)23-10-9-21-20(23)27)19(26)22-15(12-18(24)25)13-5-3-2-4-6-13/h2-8,11,15H,9-10,12H2,1H3,(H,21,27)(H,22,26)(H,24,25). The van der Waals surface area contributed by atoms with E-state index in [4.69, 9.17) is 4.74 Å². The second-order valence-electron chi connectivity index (χ2n) is 6.30. The molecule has 8 heteroatoms. The van der Waals surface area contributed by atoms with E-state index in [9.17, 15) is 19.5 Å². The summed E-state index contributed by atoms with van der Waals surface area (Å²) in [6.45, 7) is 0.971. The number of urea groups is 1. The van der Waals surface area contributed by atoms with Crippen molar-refractivity contribution >= 4 is 23.6 Å². The molecule has 8 nitrogen and oxygen atoms in total. The Morgan fingerprint density at radius 3 is 2.61 bits per heavy atom. The minimum Gasteiger partial charge on any atom is -0.495 e. The Morgan fingerprint density at radius 1 is 1.25 bits per heavy atom. The van der Waals surface area contributed by atoms with Crippen LogP contribution in [0.3, 0.4) is 0 Å². The monoisotopic (exact) mass is 383 g/mol. The molecule has 2 aromatic carbocycles. The van der Waals surface area contributed by atoms with E-state index in [2.05, 4.69) is 10.6 Å². The van der Waals surface area contributed by atoms with Crippen molar-refractivity contribution in [3.63, 3.8) is 0 Å². The maximum Gasteiger partial charge on any atom is 0.322 e. The highest BCUT2D eigenvalue weighted by atomic mass is 16.5. The molecule has 1 atom stereocenters. The van der Waals surface area contributed by atoms with Crippen molar-refractivity contribution in [3.8, 4) is 5.75 Å². The number of hydrogen-bond donors (Lipinski definition) is 3. The molecule has 1 heterocycles. The normalized spacial score (nSPS) is 14.3. The quantitative estimate of drug-likeness (QED) is 0.679. The van der Waals surface area contributed by atoms with Crippen molar-refractivity contribution < 1.29 is 24.2 Å². The highest BCUT2D eigenvalue weighted by Gasteiger charge is 2.26. The van der Waals surface area contributed by atoms with Gasteiger partial charge in [-0.25, -0.2) is 4.79 Å². The molecule has 1 saturated heterocycles. The molecule has 1 aliphatic heterocycles. The summed E-state index contributed by atoms with van der Waals surface area (Å²) in [5.74, 6) is -0.976. The summed E-state index contributed by atoms with van der Waals surface area (Å²) in [5.41, 5.74) is 1.49. The van der Waals surface area contributed by atoms with Crippen molar-refractivity contribution in [1.29, 1.82) is 0 Å². The van der Waals surface area contributed by atoms with Crippen molar-refractivity contribution in [2.45, 2.75) is 12.5 Å². The maximum atomic E-state index is 12.8. The van der Waals surface area contributed by atoms with Crippen LogP contribution >= 0.6 is 0 Å². The zero-order chi connectivity index (χ0) is 20.1. The van der Waals surface area contributed by atoms with E-state index in [0.717, 1.165) is 0 Å². The molecule has 0 saturated carbocycles. The van der Waals surface area contributed by atoms with Gasteiger partial charge in [-0.3, -0.25) is 14.5 Å². The zero-order valence-electron chi connectivity index (χ0n) is 15.3. The summed E-state index contributed by atoms with van der Waals surface area (Å²) in [4.78, 5) is 37.5. The van der Waals surface area contributed by atoms with Gasteiger partial charge in [0.05, 0.1) is 25.3 Å². The number of hydrogen-bond acceptors (Lipinski definition) is 4. The molecular formula is C20H21N3O5. The van der Waals surface area contributed by atoms with Crippen molar-refractivity contribution in [1.82, 2.24) is 10.6 Å². The third-order valence-corrected chi connectivity index (χ3v) is 4.47. The van der Waals surface area contributed by atoms with Crippen LogP contribution in [0.1, 0.15) is 28.4 Å². The van der Waals surface area contributed by atoms with Crippen molar-refractivity contribution in [2.24, 2.45) is 0 Å². The minimum atomic E-state index is -1.02. The third-order valence-electron chi connectivity index (χ3n) is 4.47. The lowest BCUT2D eigenvalue weighted by Crippen LogP contribution is -2.31. The SMILES string of the molecule is COc1ccc(C(=O)NC(CC(=O)O)c2ccccc2)cc1N1CCNC1=O. The summed E-state index contributed by atoms with van der Waals surface area (Å²) < 4.78 is 5.31. The number of anilines is 1. The number of methoxy groups -OCH3 is 1. The minimum absolute atomic E-state index is 0.243. The van der Waals surface area contributed by atoms with Crippen LogP contribution in [0.2, 0.25) is 0 Å². The number of benzene rings is 2. The summed E-state index contributed by atoms with van der Waals surface area (Å²) in [6, 6.07) is 12.8. The lowest BCUT2D eigenvalue weighted by atomic mass is 10.0.